The van der Waals surface area contributed by atoms with Crippen LogP contribution in [0.3, 0.4) is 0 Å². The van der Waals surface area contributed by atoms with Gasteiger partial charge in [-0.15, -0.1) is 0 Å². The number of rotatable bonds is 13. The number of aromatic hydroxyl groups is 1. The van der Waals surface area contributed by atoms with Crippen molar-refractivity contribution >= 4 is 18.2 Å². The first kappa shape index (κ1) is 59.0. The van der Waals surface area contributed by atoms with Gasteiger partial charge >= 0.3 is 11.9 Å². The Kier molecular flexibility index (Phi) is 16.1. The largest absolute Gasteiger partial charge is 0.502 e. The molecule has 22 nitrogen and oxygen atoms in total. The molecule has 8 aliphatic rings. The standard InChI is InChI=1S/C56H82O22/c1-25-36(60)39(63)42(66)48(73-25)77-44-37(61)29(59)22-72-49(44)78-45-41(65)40(64)43(46(67)68)76-50(45)75-34-13-15-56(24-58)32(51(34,2)3)12-14-55(7)33(56)11-10-27-28-20-52(4,23-57)21-35(53(28,5)16-17-54(27,55)6)74-47(69)26-18-30(70-8)38(62)31(19-26)71-9/h18-20,24-25,27,29,32-37,39-45,48-50,57,59-66H,10-17,21-23H2,1-9H3,(H,67,68)/t25-,27+,29+,32-,33-,34-,35+,36+,37+,39+,40+,41+,42-,43+,44-,45+,48-,49+,50+,52+,53-,54+,55+,56+/m0/s1. The van der Waals surface area contributed by atoms with E-state index in [1.807, 2.05) is 20.8 Å². The summed E-state index contributed by atoms with van der Waals surface area (Å²) in [7, 11) is 2.75. The molecule has 3 saturated heterocycles. The van der Waals surface area contributed by atoms with Crippen LogP contribution in [0.25, 0.3) is 0 Å². The Bertz CT molecular complexity index is 2410. The van der Waals surface area contributed by atoms with Crippen LogP contribution in [0.4, 0.5) is 0 Å². The van der Waals surface area contributed by atoms with Gasteiger partial charge in [-0.2, -0.15) is 0 Å². The molecule has 0 bridgehead atoms. The average molecular weight is 1110 g/mol. The fraction of sp³-hybridized carbons (Fsp3) is 0.804. The maximum Gasteiger partial charge on any atom is 0.338 e. The summed E-state index contributed by atoms with van der Waals surface area (Å²) in [4.78, 5) is 40.9. The van der Waals surface area contributed by atoms with E-state index in [-0.39, 0.29) is 58.0 Å². The fourth-order valence-electron chi connectivity index (χ4n) is 16.0. The van der Waals surface area contributed by atoms with Crippen molar-refractivity contribution in [3.05, 3.63) is 29.3 Å². The maximum absolute atomic E-state index is 14.2. The van der Waals surface area contributed by atoms with Gasteiger partial charge in [-0.25, -0.2) is 9.59 Å². The lowest BCUT2D eigenvalue weighted by Crippen LogP contribution is -2.68. The van der Waals surface area contributed by atoms with Crippen LogP contribution in [0.1, 0.15) is 117 Å². The molecule has 7 fully saturated rings. The topological polar surface area (TPSA) is 337 Å². The van der Waals surface area contributed by atoms with Crippen molar-refractivity contribution < 1.29 is 108 Å². The molecule has 9 rings (SSSR count). The van der Waals surface area contributed by atoms with E-state index in [2.05, 4.69) is 26.8 Å². The van der Waals surface area contributed by atoms with Crippen LogP contribution in [0.15, 0.2) is 23.8 Å². The van der Waals surface area contributed by atoms with Crippen LogP contribution in [-0.4, -0.2) is 195 Å². The van der Waals surface area contributed by atoms with Crippen molar-refractivity contribution in [2.45, 2.75) is 204 Å². The number of carboxylic acid groups (broad SMARTS) is 1. The molecule has 0 unspecified atom stereocenters. The van der Waals surface area contributed by atoms with Gasteiger partial charge in [0.15, 0.2) is 36.5 Å². The van der Waals surface area contributed by atoms with Crippen molar-refractivity contribution in [3.8, 4) is 17.2 Å². The third kappa shape index (κ3) is 9.38. The summed E-state index contributed by atoms with van der Waals surface area (Å²) in [5.41, 5.74) is -2.38. The molecule has 5 aliphatic carbocycles. The molecule has 1 aromatic carbocycles. The van der Waals surface area contributed by atoms with Gasteiger partial charge in [0.05, 0.1) is 45.2 Å². The molecule has 438 valence electrons. The molecular weight excluding hydrogens is 1020 g/mol. The maximum atomic E-state index is 14.2. The third-order valence-electron chi connectivity index (χ3n) is 20.9. The number of benzene rings is 1. The number of phenolic OH excluding ortho intramolecular Hbond substituents is 1. The minimum atomic E-state index is -2.05. The number of methoxy groups -OCH3 is 2. The van der Waals surface area contributed by atoms with Gasteiger partial charge in [-0.05, 0) is 111 Å². The summed E-state index contributed by atoms with van der Waals surface area (Å²) in [6, 6.07) is 2.83. The third-order valence-corrected chi connectivity index (χ3v) is 20.9. The molecule has 78 heavy (non-hydrogen) atoms. The first-order valence-electron chi connectivity index (χ1n) is 27.4. The SMILES string of the molecule is COc1cc(C(=O)O[C@@H]2C[C@](C)(CO)C=C3[C@H]4CC[C@@H]5[C@@]6(C=O)CC[C@H](O[C@@H]7O[C@@H](C(=O)O)[C@H](O)[C@@H](O)[C@H]7O[C@H]7OC[C@@H](O)[C@@H](O)[C@@H]7O[C@@H]7O[C@@H](C)[C@@H](O)[C@@H](O)[C@@H]7O)C(C)(C)[C@@H]6CC[C@@]5(C)[C@]4(C)CC[C@@]32C)cc(OC)c1O. The number of ether oxygens (including phenoxy) is 9. The number of fused-ring (bicyclic) bond motifs is 7. The van der Waals surface area contributed by atoms with E-state index >= 15 is 0 Å². The molecule has 0 amide bonds. The van der Waals surface area contributed by atoms with Crippen molar-refractivity contribution in [2.24, 2.45) is 50.2 Å². The highest BCUT2D eigenvalue weighted by molar-refractivity contribution is 5.91. The summed E-state index contributed by atoms with van der Waals surface area (Å²) in [5, 5.41) is 108. The van der Waals surface area contributed by atoms with Crippen LogP contribution in [-0.2, 0) is 42.7 Å². The van der Waals surface area contributed by atoms with Crippen molar-refractivity contribution in [3.63, 3.8) is 0 Å². The highest BCUT2D eigenvalue weighted by Crippen LogP contribution is 2.76. The summed E-state index contributed by atoms with van der Waals surface area (Å²) in [5.74, 6) is -2.67. The number of aliphatic hydroxyl groups excluding tert-OH is 8. The Hall–Kier alpha value is -3.59. The van der Waals surface area contributed by atoms with Gasteiger partial charge in [0.25, 0.3) is 0 Å². The number of hydrogen-bond acceptors (Lipinski definition) is 21. The van der Waals surface area contributed by atoms with Gasteiger partial charge in [-0.3, -0.25) is 0 Å². The van der Waals surface area contributed by atoms with Gasteiger partial charge < -0.3 is 98.5 Å². The number of aliphatic carboxylic acids is 1. The molecule has 22 heteroatoms. The van der Waals surface area contributed by atoms with Gasteiger partial charge in [-0.1, -0.05) is 53.2 Å². The lowest BCUT2D eigenvalue weighted by molar-refractivity contribution is -0.386. The molecule has 4 saturated carbocycles. The highest BCUT2D eigenvalue weighted by Gasteiger charge is 2.71. The Morgan fingerprint density at radius 2 is 1.36 bits per heavy atom. The summed E-state index contributed by atoms with van der Waals surface area (Å²) >= 11 is 0. The van der Waals surface area contributed by atoms with Gasteiger partial charge in [0.2, 0.25) is 5.75 Å². The average Bonchev–Trinajstić information content (AvgIpc) is 3.58. The number of carbonyl (C=O) groups is 3. The normalized spacial score (nSPS) is 47.9. The Morgan fingerprint density at radius 3 is 1.99 bits per heavy atom. The molecular formula is C56H82O22. The van der Waals surface area contributed by atoms with Crippen LogP contribution in [0.2, 0.25) is 0 Å². The number of aldehydes is 1. The zero-order valence-corrected chi connectivity index (χ0v) is 45.9. The summed E-state index contributed by atoms with van der Waals surface area (Å²) < 4.78 is 53.3. The van der Waals surface area contributed by atoms with Crippen molar-refractivity contribution in [2.75, 3.05) is 27.4 Å². The van der Waals surface area contributed by atoms with E-state index in [1.165, 1.54) is 33.3 Å². The number of esters is 1. The number of aliphatic hydroxyl groups is 8. The smallest absolute Gasteiger partial charge is 0.338 e. The van der Waals surface area contributed by atoms with Gasteiger partial charge in [0, 0.05) is 16.2 Å². The predicted molar refractivity (Wildman–Crippen MR) is 269 cm³/mol. The second-order valence-electron chi connectivity index (χ2n) is 25.4. The van der Waals surface area contributed by atoms with Crippen LogP contribution in [0, 0.1) is 50.2 Å². The second kappa shape index (κ2) is 21.3. The molecule has 0 aromatic heterocycles. The van der Waals surface area contributed by atoms with Crippen molar-refractivity contribution in [1.82, 2.24) is 0 Å². The Balaban J connectivity index is 0.965. The lowest BCUT2D eigenvalue weighted by atomic mass is 9.32. The van der Waals surface area contributed by atoms with E-state index < -0.39 is 138 Å². The first-order valence-corrected chi connectivity index (χ1v) is 27.4. The molecule has 24 atom stereocenters. The summed E-state index contributed by atoms with van der Waals surface area (Å²) in [6.07, 6.45) is -16.7. The van der Waals surface area contributed by atoms with E-state index in [0.717, 1.165) is 31.1 Å². The summed E-state index contributed by atoms with van der Waals surface area (Å²) in [6.45, 7) is 13.5. The van der Waals surface area contributed by atoms with E-state index in [0.29, 0.717) is 38.5 Å². The number of phenols is 1. The van der Waals surface area contributed by atoms with Crippen LogP contribution in [0.5, 0.6) is 17.2 Å². The number of carboxylic acids is 1. The van der Waals surface area contributed by atoms with Gasteiger partial charge in [0.1, 0.15) is 67.3 Å². The quantitative estimate of drug-likeness (QED) is 0.0585. The minimum absolute atomic E-state index is 0.0156. The monoisotopic (exact) mass is 1110 g/mol. The molecule has 0 spiro atoms. The Labute approximate surface area is 453 Å². The molecule has 3 heterocycles. The highest BCUT2D eigenvalue weighted by atomic mass is 16.8. The van der Waals surface area contributed by atoms with Crippen molar-refractivity contribution in [1.29, 1.82) is 0 Å². The molecule has 0 radical (unpaired) electrons. The number of carbonyl (C=O) groups excluding carboxylic acids is 2. The molecule has 10 N–H and O–H groups in total. The van der Waals surface area contributed by atoms with Crippen LogP contribution >= 0.6 is 0 Å². The second-order valence-corrected chi connectivity index (χ2v) is 25.4. The lowest BCUT2D eigenvalue weighted by Gasteiger charge is -2.72. The fourth-order valence-corrected chi connectivity index (χ4v) is 16.0. The minimum Gasteiger partial charge on any atom is -0.502 e. The zero-order chi connectivity index (χ0) is 57.0. The first-order chi connectivity index (χ1) is 36.6. The van der Waals surface area contributed by atoms with E-state index in [4.69, 9.17) is 42.6 Å². The zero-order valence-electron chi connectivity index (χ0n) is 45.9. The molecule has 1 aromatic rings. The Morgan fingerprint density at radius 1 is 0.705 bits per heavy atom. The predicted octanol–water partition coefficient (Wildman–Crippen LogP) is 2.11. The number of hydrogen-bond donors (Lipinski definition) is 10. The van der Waals surface area contributed by atoms with E-state index in [9.17, 15) is 65.4 Å². The van der Waals surface area contributed by atoms with E-state index in [1.54, 1.807) is 0 Å². The van der Waals surface area contributed by atoms with Crippen LogP contribution < -0.4 is 9.47 Å². The molecule has 3 aliphatic heterocycles.